The van der Waals surface area contributed by atoms with Crippen LogP contribution in [0.4, 0.5) is 0 Å². The van der Waals surface area contributed by atoms with Crippen LogP contribution in [0.3, 0.4) is 0 Å². The molecule has 3 rings (SSSR count). The highest BCUT2D eigenvalue weighted by Gasteiger charge is 2.45. The summed E-state index contributed by atoms with van der Waals surface area (Å²) in [4.78, 5) is 17.3. The molecule has 0 radical (unpaired) electrons. The summed E-state index contributed by atoms with van der Waals surface area (Å²) < 4.78 is 6.06. The standard InChI is InChI=1S/C18H24INO3/c1-4-23-17(22)14-15(19)13-11(20-16(14)10(2)3)8-18(6-5-7-18)9-12(13)21/h10,12,21H,4-9H2,1-3H3. The van der Waals surface area contributed by atoms with Gasteiger partial charge in [0.05, 0.1) is 24.0 Å². The second-order valence-corrected chi connectivity index (χ2v) is 8.25. The lowest BCUT2D eigenvalue weighted by Crippen LogP contribution is -2.38. The second kappa shape index (κ2) is 6.31. The number of aliphatic hydroxyl groups excluding tert-OH is 1. The van der Waals surface area contributed by atoms with E-state index in [1.165, 1.54) is 19.3 Å². The highest BCUT2D eigenvalue weighted by atomic mass is 127. The van der Waals surface area contributed by atoms with Crippen molar-refractivity contribution in [2.24, 2.45) is 5.41 Å². The zero-order valence-corrected chi connectivity index (χ0v) is 16.1. The van der Waals surface area contributed by atoms with Gasteiger partial charge in [0, 0.05) is 14.8 Å². The molecule has 0 aromatic carbocycles. The summed E-state index contributed by atoms with van der Waals surface area (Å²) in [5.41, 5.74) is 3.43. The van der Waals surface area contributed by atoms with Crippen LogP contribution in [0.2, 0.25) is 0 Å². The van der Waals surface area contributed by atoms with Crippen molar-refractivity contribution in [3.63, 3.8) is 0 Å². The van der Waals surface area contributed by atoms with E-state index in [4.69, 9.17) is 9.72 Å². The summed E-state index contributed by atoms with van der Waals surface area (Å²) in [6, 6.07) is 0. The number of nitrogens with zero attached hydrogens (tertiary/aromatic N) is 1. The van der Waals surface area contributed by atoms with Gasteiger partial charge in [-0.15, -0.1) is 0 Å². The Kier molecular flexibility index (Phi) is 4.71. The van der Waals surface area contributed by atoms with Gasteiger partial charge in [-0.2, -0.15) is 0 Å². The van der Waals surface area contributed by atoms with Crippen molar-refractivity contribution in [2.75, 3.05) is 6.61 Å². The third kappa shape index (κ3) is 2.90. The predicted molar refractivity (Wildman–Crippen MR) is 96.6 cm³/mol. The maximum Gasteiger partial charge on any atom is 0.341 e. The smallest absolute Gasteiger partial charge is 0.341 e. The van der Waals surface area contributed by atoms with Crippen molar-refractivity contribution in [3.05, 3.63) is 26.1 Å². The Hall–Kier alpha value is -0.690. The van der Waals surface area contributed by atoms with E-state index >= 15 is 0 Å². The van der Waals surface area contributed by atoms with Crippen molar-refractivity contribution in [1.29, 1.82) is 0 Å². The molecule has 4 nitrogen and oxygen atoms in total. The average Bonchev–Trinajstić information content (AvgIpc) is 2.44. The number of aromatic nitrogens is 1. The van der Waals surface area contributed by atoms with Crippen molar-refractivity contribution in [1.82, 2.24) is 4.98 Å². The van der Waals surface area contributed by atoms with Crippen LogP contribution in [-0.4, -0.2) is 22.7 Å². The highest BCUT2D eigenvalue weighted by Crippen LogP contribution is 2.54. The average molecular weight is 429 g/mol. The Morgan fingerprint density at radius 3 is 2.70 bits per heavy atom. The zero-order chi connectivity index (χ0) is 16.8. The lowest BCUT2D eigenvalue weighted by Gasteiger charge is -2.47. The van der Waals surface area contributed by atoms with E-state index in [0.717, 1.165) is 33.4 Å². The van der Waals surface area contributed by atoms with Gasteiger partial charge in [-0.1, -0.05) is 20.3 Å². The molecule has 1 aromatic rings. The first-order valence-electron chi connectivity index (χ1n) is 8.46. The molecule has 5 heteroatoms. The number of hydrogen-bond donors (Lipinski definition) is 1. The van der Waals surface area contributed by atoms with Crippen molar-refractivity contribution >= 4 is 28.6 Å². The van der Waals surface area contributed by atoms with Gasteiger partial charge < -0.3 is 9.84 Å². The van der Waals surface area contributed by atoms with Gasteiger partial charge in [0.25, 0.3) is 0 Å². The fraction of sp³-hybridized carbons (Fsp3) is 0.667. The number of fused-ring (bicyclic) bond motifs is 1. The molecule has 1 fully saturated rings. The molecule has 0 aliphatic heterocycles. The second-order valence-electron chi connectivity index (χ2n) is 7.17. The Balaban J connectivity index is 2.13. The van der Waals surface area contributed by atoms with Gasteiger partial charge >= 0.3 is 5.97 Å². The van der Waals surface area contributed by atoms with Crippen LogP contribution in [0.25, 0.3) is 0 Å². The van der Waals surface area contributed by atoms with Gasteiger partial charge in [0.1, 0.15) is 0 Å². The Morgan fingerprint density at radius 2 is 2.17 bits per heavy atom. The quantitative estimate of drug-likeness (QED) is 0.580. The maximum absolute atomic E-state index is 12.4. The van der Waals surface area contributed by atoms with Gasteiger partial charge in [0.2, 0.25) is 0 Å². The summed E-state index contributed by atoms with van der Waals surface area (Å²) in [5.74, 6) is -0.184. The Morgan fingerprint density at radius 1 is 1.48 bits per heavy atom. The molecule has 1 unspecified atom stereocenters. The van der Waals surface area contributed by atoms with Crippen molar-refractivity contribution < 1.29 is 14.6 Å². The first kappa shape index (κ1) is 17.1. The number of ether oxygens (including phenoxy) is 1. The number of carbonyl (C=O) groups is 1. The molecule has 23 heavy (non-hydrogen) atoms. The monoisotopic (exact) mass is 429 g/mol. The van der Waals surface area contributed by atoms with Crippen LogP contribution < -0.4 is 0 Å². The number of hydrogen-bond acceptors (Lipinski definition) is 4. The van der Waals surface area contributed by atoms with Crippen LogP contribution in [0, 0.1) is 8.99 Å². The van der Waals surface area contributed by atoms with Crippen LogP contribution in [-0.2, 0) is 11.2 Å². The van der Waals surface area contributed by atoms with Crippen molar-refractivity contribution in [3.8, 4) is 0 Å². The number of aliphatic hydroxyl groups is 1. The fourth-order valence-corrected chi connectivity index (χ4v) is 5.09. The Labute approximate surface area is 151 Å². The SMILES string of the molecule is CCOC(=O)c1c(C(C)C)nc2c(c1I)C(O)CC1(CCC1)C2. The minimum absolute atomic E-state index is 0.143. The summed E-state index contributed by atoms with van der Waals surface area (Å²) in [7, 11) is 0. The summed E-state index contributed by atoms with van der Waals surface area (Å²) in [6.07, 6.45) is 4.81. The molecular weight excluding hydrogens is 405 g/mol. The molecule has 0 bridgehead atoms. The summed E-state index contributed by atoms with van der Waals surface area (Å²) in [6.45, 7) is 6.24. The minimum Gasteiger partial charge on any atom is -0.462 e. The zero-order valence-electron chi connectivity index (χ0n) is 14.0. The molecular formula is C18H24INO3. The van der Waals surface area contributed by atoms with E-state index in [0.29, 0.717) is 12.2 Å². The van der Waals surface area contributed by atoms with E-state index in [2.05, 4.69) is 22.6 Å². The lowest BCUT2D eigenvalue weighted by atomic mass is 9.60. The summed E-state index contributed by atoms with van der Waals surface area (Å²) >= 11 is 2.19. The molecule has 0 amide bonds. The van der Waals surface area contributed by atoms with E-state index < -0.39 is 6.10 Å². The molecule has 2 aliphatic carbocycles. The molecule has 1 heterocycles. The minimum atomic E-state index is -0.521. The number of rotatable bonds is 3. The molecule has 126 valence electrons. The molecule has 1 N–H and O–H groups in total. The van der Waals surface area contributed by atoms with Gasteiger partial charge in [0.15, 0.2) is 0 Å². The normalized spacial score (nSPS) is 21.9. The van der Waals surface area contributed by atoms with E-state index in [9.17, 15) is 9.90 Å². The number of halogens is 1. The van der Waals surface area contributed by atoms with E-state index in [-0.39, 0.29) is 17.3 Å². The number of esters is 1. The topological polar surface area (TPSA) is 59.4 Å². The highest BCUT2D eigenvalue weighted by molar-refractivity contribution is 14.1. The Bertz CT molecular complexity index is 638. The van der Waals surface area contributed by atoms with Crippen LogP contribution in [0.5, 0.6) is 0 Å². The number of carbonyl (C=O) groups excluding carboxylic acids is 1. The third-order valence-electron chi connectivity index (χ3n) is 5.22. The fourth-order valence-electron chi connectivity index (χ4n) is 3.92. The predicted octanol–water partition coefficient (Wildman–Crippen LogP) is 4.14. The lowest BCUT2D eigenvalue weighted by molar-refractivity contribution is 0.0236. The summed E-state index contributed by atoms with van der Waals surface area (Å²) in [5, 5.41) is 10.7. The largest absolute Gasteiger partial charge is 0.462 e. The maximum atomic E-state index is 12.4. The molecule has 1 spiro atoms. The van der Waals surface area contributed by atoms with Gasteiger partial charge in [-0.25, -0.2) is 4.79 Å². The van der Waals surface area contributed by atoms with Gasteiger partial charge in [-0.3, -0.25) is 4.98 Å². The first-order chi connectivity index (χ1) is 10.9. The third-order valence-corrected chi connectivity index (χ3v) is 6.34. The van der Waals surface area contributed by atoms with Crippen LogP contribution in [0.15, 0.2) is 0 Å². The molecule has 1 saturated carbocycles. The molecule has 1 atom stereocenters. The van der Waals surface area contributed by atoms with E-state index in [1.807, 2.05) is 13.8 Å². The molecule has 2 aliphatic rings. The molecule has 0 saturated heterocycles. The first-order valence-corrected chi connectivity index (χ1v) is 9.54. The van der Waals surface area contributed by atoms with Crippen LogP contribution in [0.1, 0.15) is 85.8 Å². The molecule has 1 aromatic heterocycles. The van der Waals surface area contributed by atoms with Crippen LogP contribution >= 0.6 is 22.6 Å². The van der Waals surface area contributed by atoms with Gasteiger partial charge in [-0.05, 0) is 66.5 Å². The van der Waals surface area contributed by atoms with E-state index in [1.54, 1.807) is 6.92 Å². The van der Waals surface area contributed by atoms with Crippen molar-refractivity contribution in [2.45, 2.75) is 64.9 Å². The number of pyridine rings is 1.